The summed E-state index contributed by atoms with van der Waals surface area (Å²) in [5.74, 6) is 0. The molecule has 0 heterocycles. The second-order valence-corrected chi connectivity index (χ2v) is 3.74. The Labute approximate surface area is 96.5 Å². The maximum Gasteiger partial charge on any atom is 0.211 e. The molecule has 0 fully saturated rings. The Balaban J connectivity index is 3.05. The van der Waals surface area contributed by atoms with Crippen LogP contribution in [0.2, 0.25) is 0 Å². The molecule has 0 saturated heterocycles. The summed E-state index contributed by atoms with van der Waals surface area (Å²) in [7, 11) is 0. The zero-order chi connectivity index (χ0) is 10.6. The Morgan fingerprint density at radius 1 is 1.29 bits per heavy atom. The van der Waals surface area contributed by atoms with Crippen molar-refractivity contribution in [3.05, 3.63) is 34.3 Å². The molecule has 1 aromatic rings. The van der Waals surface area contributed by atoms with E-state index in [2.05, 4.69) is 5.32 Å². The van der Waals surface area contributed by atoms with Gasteiger partial charge in [0.05, 0.1) is 5.03 Å². The topological polar surface area (TPSA) is 29.1 Å². The van der Waals surface area contributed by atoms with Crippen LogP contribution >= 0.6 is 34.8 Å². The van der Waals surface area contributed by atoms with Crippen LogP contribution in [0.3, 0.4) is 0 Å². The van der Waals surface area contributed by atoms with Crippen LogP contribution in [0, 0.1) is 0 Å². The zero-order valence-electron chi connectivity index (χ0n) is 6.93. The molecule has 74 valence electrons. The lowest BCUT2D eigenvalue weighted by atomic mass is 10.2. The quantitative estimate of drug-likeness (QED) is 0.816. The molecule has 0 aromatic heterocycles. The van der Waals surface area contributed by atoms with Gasteiger partial charge in [0.15, 0.2) is 0 Å². The molecule has 0 saturated carbocycles. The number of amides is 1. The first kappa shape index (κ1) is 11.4. The number of benzene rings is 1. The Hall–Kier alpha value is -0.700. The number of carbonyl (C=O) groups excluding carboxylic acids is 1. The average molecular weight is 251 g/mol. The van der Waals surface area contributed by atoms with Gasteiger partial charge < -0.3 is 5.32 Å². The summed E-state index contributed by atoms with van der Waals surface area (Å²) in [6, 6.07) is 6.87. The monoisotopic (exact) mass is 249 g/mol. The van der Waals surface area contributed by atoms with Crippen LogP contribution in [-0.2, 0) is 4.79 Å². The van der Waals surface area contributed by atoms with Crippen molar-refractivity contribution < 1.29 is 4.79 Å². The summed E-state index contributed by atoms with van der Waals surface area (Å²) < 4.78 is -0.00470. The smallest absolute Gasteiger partial charge is 0.211 e. The molecular weight excluding hydrogens is 244 g/mol. The van der Waals surface area contributed by atoms with E-state index in [0.717, 1.165) is 0 Å². The Morgan fingerprint density at radius 3 is 2.57 bits per heavy atom. The summed E-state index contributed by atoms with van der Waals surface area (Å²) in [5, 5.41) is 2.75. The van der Waals surface area contributed by atoms with E-state index in [4.69, 9.17) is 34.8 Å². The number of anilines is 1. The van der Waals surface area contributed by atoms with Crippen LogP contribution in [0.25, 0.3) is 5.03 Å². The summed E-state index contributed by atoms with van der Waals surface area (Å²) in [4.78, 5) is 10.2. The van der Waals surface area contributed by atoms with Crippen LogP contribution in [0.15, 0.2) is 28.8 Å². The van der Waals surface area contributed by atoms with Gasteiger partial charge in [0, 0.05) is 5.69 Å². The highest BCUT2D eigenvalue weighted by Crippen LogP contribution is 2.29. The molecule has 14 heavy (non-hydrogen) atoms. The van der Waals surface area contributed by atoms with Crippen molar-refractivity contribution in [3.8, 4) is 0 Å². The predicted octanol–water partition coefficient (Wildman–Crippen LogP) is 3.60. The van der Waals surface area contributed by atoms with Gasteiger partial charge in [-0.05, 0) is 17.7 Å². The number of hydrogen-bond acceptors (Lipinski definition) is 1. The van der Waals surface area contributed by atoms with E-state index in [-0.39, 0.29) is 9.52 Å². The van der Waals surface area contributed by atoms with Gasteiger partial charge in [-0.3, -0.25) is 4.79 Å². The number of nitrogens with one attached hydrogen (secondary N) is 1. The number of carbonyl (C=O) groups is 1. The first-order valence-electron chi connectivity index (χ1n) is 3.66. The molecule has 1 rings (SSSR count). The molecule has 0 bridgehead atoms. The van der Waals surface area contributed by atoms with Crippen molar-refractivity contribution >= 4 is 51.9 Å². The largest absolute Gasteiger partial charge is 0.329 e. The van der Waals surface area contributed by atoms with Gasteiger partial charge in [-0.25, -0.2) is 0 Å². The normalized spacial score (nSPS) is 9.36. The highest BCUT2D eigenvalue weighted by molar-refractivity contribution is 6.66. The molecule has 1 amide bonds. The molecule has 0 atom stereocenters. The third-order valence-corrected chi connectivity index (χ3v) is 2.49. The van der Waals surface area contributed by atoms with E-state index in [1.807, 2.05) is 0 Å². The molecule has 1 aromatic carbocycles. The van der Waals surface area contributed by atoms with Crippen molar-refractivity contribution in [1.29, 1.82) is 0 Å². The number of rotatable bonds is 3. The van der Waals surface area contributed by atoms with Crippen molar-refractivity contribution in [1.82, 2.24) is 0 Å². The molecule has 0 aliphatic rings. The van der Waals surface area contributed by atoms with Gasteiger partial charge in [-0.2, -0.15) is 0 Å². The average Bonchev–Trinajstić information content (AvgIpc) is 2.17. The van der Waals surface area contributed by atoms with Gasteiger partial charge in [-0.1, -0.05) is 46.9 Å². The Bertz CT molecular complexity index is 372. The first-order valence-corrected chi connectivity index (χ1v) is 4.80. The van der Waals surface area contributed by atoms with E-state index in [1.54, 1.807) is 24.3 Å². The van der Waals surface area contributed by atoms with Crippen molar-refractivity contribution in [2.45, 2.75) is 0 Å². The predicted molar refractivity (Wildman–Crippen MR) is 60.6 cm³/mol. The summed E-state index contributed by atoms with van der Waals surface area (Å²) in [6.45, 7) is 0. The van der Waals surface area contributed by atoms with Crippen molar-refractivity contribution in [2.75, 3.05) is 5.32 Å². The fourth-order valence-electron chi connectivity index (χ4n) is 0.923. The maximum atomic E-state index is 10.2. The van der Waals surface area contributed by atoms with Gasteiger partial charge >= 0.3 is 0 Å². The third kappa shape index (κ3) is 2.91. The standard InChI is InChI=1S/C9H6Cl3NO/c10-8(9(11)12)6-2-1-3-7(4-6)13-5-14/h1-5H,(H,13,14). The maximum absolute atomic E-state index is 10.2. The van der Waals surface area contributed by atoms with Crippen molar-refractivity contribution in [3.63, 3.8) is 0 Å². The fourth-order valence-corrected chi connectivity index (χ4v) is 1.26. The number of halogens is 3. The van der Waals surface area contributed by atoms with Gasteiger partial charge in [0.2, 0.25) is 6.41 Å². The first-order chi connectivity index (χ1) is 6.65. The fraction of sp³-hybridized carbons (Fsp3) is 0. The van der Waals surface area contributed by atoms with E-state index in [0.29, 0.717) is 17.7 Å². The minimum Gasteiger partial charge on any atom is -0.329 e. The molecule has 5 heteroatoms. The SMILES string of the molecule is O=CNc1cccc(C(Cl)=C(Cl)Cl)c1. The Morgan fingerprint density at radius 2 is 2.00 bits per heavy atom. The lowest BCUT2D eigenvalue weighted by molar-refractivity contribution is -0.105. The van der Waals surface area contributed by atoms with E-state index < -0.39 is 0 Å². The Kier molecular flexibility index (Phi) is 4.26. The van der Waals surface area contributed by atoms with E-state index in [9.17, 15) is 4.79 Å². The van der Waals surface area contributed by atoms with E-state index in [1.165, 1.54) is 0 Å². The summed E-state index contributed by atoms with van der Waals surface area (Å²) in [5.41, 5.74) is 1.28. The van der Waals surface area contributed by atoms with Gasteiger partial charge in [0.1, 0.15) is 4.49 Å². The van der Waals surface area contributed by atoms with Crippen LogP contribution in [0.5, 0.6) is 0 Å². The minimum atomic E-state index is -0.00470. The molecule has 2 nitrogen and oxygen atoms in total. The molecule has 0 radical (unpaired) electrons. The molecule has 0 unspecified atom stereocenters. The minimum absolute atomic E-state index is 0.00470. The van der Waals surface area contributed by atoms with Crippen LogP contribution in [0.4, 0.5) is 5.69 Å². The zero-order valence-corrected chi connectivity index (χ0v) is 9.20. The molecule has 0 aliphatic carbocycles. The number of hydrogen-bond donors (Lipinski definition) is 1. The summed E-state index contributed by atoms with van der Waals surface area (Å²) in [6.07, 6.45) is 0.582. The molecule has 0 aliphatic heterocycles. The van der Waals surface area contributed by atoms with Crippen molar-refractivity contribution in [2.24, 2.45) is 0 Å². The third-order valence-electron chi connectivity index (χ3n) is 1.51. The highest BCUT2D eigenvalue weighted by atomic mass is 35.5. The molecular formula is C9H6Cl3NO. The van der Waals surface area contributed by atoms with E-state index >= 15 is 0 Å². The van der Waals surface area contributed by atoms with Gasteiger partial charge in [-0.15, -0.1) is 0 Å². The lowest BCUT2D eigenvalue weighted by Gasteiger charge is -2.02. The lowest BCUT2D eigenvalue weighted by Crippen LogP contribution is -1.93. The van der Waals surface area contributed by atoms with Crippen LogP contribution in [-0.4, -0.2) is 6.41 Å². The molecule has 1 N–H and O–H groups in total. The highest BCUT2D eigenvalue weighted by Gasteiger charge is 2.03. The van der Waals surface area contributed by atoms with Gasteiger partial charge in [0.25, 0.3) is 0 Å². The van der Waals surface area contributed by atoms with Crippen LogP contribution in [0.1, 0.15) is 5.56 Å². The van der Waals surface area contributed by atoms with Crippen LogP contribution < -0.4 is 5.32 Å². The summed E-state index contributed by atoms with van der Waals surface area (Å²) >= 11 is 16.8. The second kappa shape index (κ2) is 5.25. The molecule has 0 spiro atoms. The second-order valence-electron chi connectivity index (χ2n) is 2.42.